The summed E-state index contributed by atoms with van der Waals surface area (Å²) >= 11 is 0. The third kappa shape index (κ3) is 5.94. The standard InChI is InChI=1S/C17H8F8O3/c18-12-6-10(7-13(19)11(12)3-4-16(21,22)23)28-17(24,25)8-27-15-2-1-9(26)5-14(15)20/h1-2,5-7,26H,8H2. The van der Waals surface area contributed by atoms with E-state index in [1.54, 1.807) is 0 Å². The molecule has 150 valence electrons. The Morgan fingerprint density at radius 1 is 0.893 bits per heavy atom. The van der Waals surface area contributed by atoms with Gasteiger partial charge >= 0.3 is 12.3 Å². The molecule has 1 N–H and O–H groups in total. The van der Waals surface area contributed by atoms with Crippen LogP contribution in [0.25, 0.3) is 0 Å². The van der Waals surface area contributed by atoms with Crippen LogP contribution in [0.2, 0.25) is 0 Å². The van der Waals surface area contributed by atoms with Crippen LogP contribution in [0.3, 0.4) is 0 Å². The number of aromatic hydroxyl groups is 1. The predicted molar refractivity (Wildman–Crippen MR) is 78.4 cm³/mol. The molecule has 28 heavy (non-hydrogen) atoms. The maximum absolute atomic E-state index is 13.7. The van der Waals surface area contributed by atoms with Gasteiger partial charge in [-0.15, -0.1) is 0 Å². The first-order valence-corrected chi connectivity index (χ1v) is 7.13. The number of rotatable bonds is 5. The molecule has 0 atom stereocenters. The SMILES string of the molecule is Oc1ccc(OCC(F)(F)Oc2cc(F)c(C#CC(F)(F)F)c(F)c2)c(F)c1. The topological polar surface area (TPSA) is 38.7 Å². The fraction of sp³-hybridized carbons (Fsp3) is 0.176. The number of benzene rings is 2. The Bertz CT molecular complexity index is 905. The maximum Gasteiger partial charge on any atom is 0.458 e. The van der Waals surface area contributed by atoms with Crippen LogP contribution in [-0.2, 0) is 0 Å². The van der Waals surface area contributed by atoms with E-state index in [0.29, 0.717) is 12.0 Å². The number of ether oxygens (including phenoxy) is 2. The minimum absolute atomic E-state index is 0.207. The van der Waals surface area contributed by atoms with E-state index >= 15 is 0 Å². The summed E-state index contributed by atoms with van der Waals surface area (Å²) in [7, 11) is 0. The summed E-state index contributed by atoms with van der Waals surface area (Å²) in [6, 6.07) is 2.83. The minimum atomic E-state index is -5.01. The molecule has 0 heterocycles. The van der Waals surface area contributed by atoms with Crippen LogP contribution in [0.5, 0.6) is 17.2 Å². The van der Waals surface area contributed by atoms with Gasteiger partial charge in [-0.25, -0.2) is 13.2 Å². The average molecular weight is 412 g/mol. The highest BCUT2D eigenvalue weighted by Gasteiger charge is 2.34. The summed E-state index contributed by atoms with van der Waals surface area (Å²) < 4.78 is 113. The predicted octanol–water partition coefficient (Wildman–Crippen LogP) is 4.77. The van der Waals surface area contributed by atoms with Crippen LogP contribution < -0.4 is 9.47 Å². The van der Waals surface area contributed by atoms with Gasteiger partial charge in [-0.1, -0.05) is 5.92 Å². The summed E-state index contributed by atoms with van der Waals surface area (Å²) in [4.78, 5) is 0. The molecule has 0 aliphatic rings. The van der Waals surface area contributed by atoms with Crippen molar-refractivity contribution in [2.24, 2.45) is 0 Å². The molecular weight excluding hydrogens is 404 g/mol. The molecule has 2 rings (SSSR count). The summed E-state index contributed by atoms with van der Waals surface area (Å²) in [5.74, 6) is -4.81. The van der Waals surface area contributed by atoms with Gasteiger partial charge in [0.25, 0.3) is 0 Å². The van der Waals surface area contributed by atoms with E-state index < -0.39 is 59.2 Å². The maximum atomic E-state index is 13.7. The molecule has 0 unspecified atom stereocenters. The van der Waals surface area contributed by atoms with Crippen molar-refractivity contribution < 1.29 is 49.7 Å². The molecule has 0 bridgehead atoms. The Balaban J connectivity index is 2.13. The Kier molecular flexibility index (Phi) is 5.92. The molecule has 0 amide bonds. The van der Waals surface area contributed by atoms with Crippen LogP contribution in [-0.4, -0.2) is 24.0 Å². The summed E-state index contributed by atoms with van der Waals surface area (Å²) in [5, 5.41) is 9.01. The van der Waals surface area contributed by atoms with Crippen molar-refractivity contribution in [2.75, 3.05) is 6.61 Å². The lowest BCUT2D eigenvalue weighted by atomic mass is 10.2. The van der Waals surface area contributed by atoms with Gasteiger partial charge in [-0.05, 0) is 12.1 Å². The second-order valence-electron chi connectivity index (χ2n) is 5.15. The van der Waals surface area contributed by atoms with Gasteiger partial charge < -0.3 is 14.6 Å². The number of hydrogen-bond acceptors (Lipinski definition) is 3. The van der Waals surface area contributed by atoms with Gasteiger partial charge in [0, 0.05) is 24.1 Å². The lowest BCUT2D eigenvalue weighted by Gasteiger charge is -2.19. The van der Waals surface area contributed by atoms with Crippen molar-refractivity contribution in [3.63, 3.8) is 0 Å². The number of hydrogen-bond donors (Lipinski definition) is 1. The molecule has 0 aliphatic heterocycles. The van der Waals surface area contributed by atoms with Crippen molar-refractivity contribution in [1.82, 2.24) is 0 Å². The molecule has 2 aromatic rings. The van der Waals surface area contributed by atoms with E-state index in [1.165, 1.54) is 5.92 Å². The lowest BCUT2D eigenvalue weighted by molar-refractivity contribution is -0.195. The Morgan fingerprint density at radius 3 is 2.04 bits per heavy atom. The van der Waals surface area contributed by atoms with Gasteiger partial charge in [0.05, 0.1) is 5.56 Å². The van der Waals surface area contributed by atoms with Crippen LogP contribution in [0.4, 0.5) is 35.1 Å². The normalized spacial score (nSPS) is 11.6. The number of halogens is 8. The van der Waals surface area contributed by atoms with Crippen LogP contribution >= 0.6 is 0 Å². The van der Waals surface area contributed by atoms with Gasteiger partial charge in [0.15, 0.2) is 18.2 Å². The number of phenolic OH excluding ortho intramolecular Hbond substituents is 1. The number of phenols is 1. The van der Waals surface area contributed by atoms with E-state index in [2.05, 4.69) is 9.47 Å². The second-order valence-corrected chi connectivity index (χ2v) is 5.15. The number of alkyl halides is 5. The third-order valence-electron chi connectivity index (χ3n) is 2.92. The second kappa shape index (κ2) is 7.84. The zero-order chi connectivity index (χ0) is 21.1. The molecule has 0 spiro atoms. The van der Waals surface area contributed by atoms with E-state index in [-0.39, 0.29) is 12.1 Å². The van der Waals surface area contributed by atoms with Gasteiger partial charge in [0.2, 0.25) is 0 Å². The first kappa shape index (κ1) is 21.1. The van der Waals surface area contributed by atoms with E-state index in [1.807, 2.05) is 0 Å². The molecular formula is C17H8F8O3. The highest BCUT2D eigenvalue weighted by molar-refractivity contribution is 5.42. The largest absolute Gasteiger partial charge is 0.508 e. The molecule has 0 saturated carbocycles. The van der Waals surface area contributed by atoms with Gasteiger partial charge in [0.1, 0.15) is 23.1 Å². The third-order valence-corrected chi connectivity index (χ3v) is 2.92. The quantitative estimate of drug-likeness (QED) is 0.568. The summed E-state index contributed by atoms with van der Waals surface area (Å²) in [5.41, 5.74) is -1.28. The van der Waals surface area contributed by atoms with Crippen molar-refractivity contribution >= 4 is 0 Å². The van der Waals surface area contributed by atoms with Crippen LogP contribution in [0.1, 0.15) is 5.56 Å². The summed E-state index contributed by atoms with van der Waals surface area (Å²) in [6.45, 7) is -1.58. The smallest absolute Gasteiger partial charge is 0.458 e. The Hall–Kier alpha value is -3.16. The highest BCUT2D eigenvalue weighted by Crippen LogP contribution is 2.28. The minimum Gasteiger partial charge on any atom is -0.508 e. The van der Waals surface area contributed by atoms with Gasteiger partial charge in [-0.2, -0.15) is 22.0 Å². The first-order chi connectivity index (χ1) is 12.9. The monoisotopic (exact) mass is 412 g/mol. The van der Waals surface area contributed by atoms with Crippen LogP contribution in [0.15, 0.2) is 30.3 Å². The zero-order valence-electron chi connectivity index (χ0n) is 13.4. The summed E-state index contributed by atoms with van der Waals surface area (Å²) in [6.07, 6.45) is -9.20. The highest BCUT2D eigenvalue weighted by atomic mass is 19.4. The molecule has 0 radical (unpaired) electrons. The molecule has 2 aromatic carbocycles. The van der Waals surface area contributed by atoms with Crippen molar-refractivity contribution in [2.45, 2.75) is 12.3 Å². The van der Waals surface area contributed by atoms with Crippen molar-refractivity contribution in [1.29, 1.82) is 0 Å². The molecule has 3 nitrogen and oxygen atoms in total. The fourth-order valence-corrected chi connectivity index (χ4v) is 1.83. The van der Waals surface area contributed by atoms with Gasteiger partial charge in [-0.3, -0.25) is 0 Å². The first-order valence-electron chi connectivity index (χ1n) is 7.13. The molecule has 0 aromatic heterocycles. The lowest BCUT2D eigenvalue weighted by Crippen LogP contribution is -2.32. The van der Waals surface area contributed by atoms with Crippen molar-refractivity contribution in [3.8, 4) is 29.1 Å². The molecule has 11 heteroatoms. The van der Waals surface area contributed by atoms with Crippen molar-refractivity contribution in [3.05, 3.63) is 53.3 Å². The fourth-order valence-electron chi connectivity index (χ4n) is 1.83. The molecule has 0 aliphatic carbocycles. The van der Waals surface area contributed by atoms with E-state index in [9.17, 15) is 35.1 Å². The van der Waals surface area contributed by atoms with E-state index in [0.717, 1.165) is 12.1 Å². The zero-order valence-corrected chi connectivity index (χ0v) is 13.4. The molecule has 0 fully saturated rings. The van der Waals surface area contributed by atoms with Crippen LogP contribution in [0, 0.1) is 29.3 Å². The Labute approximate surface area is 152 Å². The molecule has 0 saturated heterocycles. The van der Waals surface area contributed by atoms with E-state index in [4.69, 9.17) is 5.11 Å². The Morgan fingerprint density at radius 2 is 1.50 bits per heavy atom. The average Bonchev–Trinajstić information content (AvgIpc) is 2.51.